The maximum absolute atomic E-state index is 12.3. The summed E-state index contributed by atoms with van der Waals surface area (Å²) in [6.45, 7) is 2.85. The lowest BCUT2D eigenvalue weighted by Gasteiger charge is -2.31. The highest BCUT2D eigenvalue weighted by molar-refractivity contribution is 7.09. The summed E-state index contributed by atoms with van der Waals surface area (Å²) in [5.41, 5.74) is 5.47. The fraction of sp³-hybridized carbons (Fsp3) is 0.684. The van der Waals surface area contributed by atoms with Crippen LogP contribution in [0.1, 0.15) is 49.8 Å². The highest BCUT2D eigenvalue weighted by Crippen LogP contribution is 2.19. The standard InChI is InChI=1S/C19H31N3O2S/c20-11-4-2-1-3-7-18(23)22-13-9-16(10-14-22)19(24)21-12-8-17-6-5-15-25-17/h5-6,15-16H,1-4,7-14,20H2,(H,21,24). The molecule has 0 saturated carbocycles. The number of unbranched alkanes of at least 4 members (excludes halogenated alkanes) is 3. The number of rotatable bonds is 10. The lowest BCUT2D eigenvalue weighted by atomic mass is 9.95. The Labute approximate surface area is 155 Å². The normalized spacial score (nSPS) is 15.3. The molecule has 0 unspecified atom stereocenters. The highest BCUT2D eigenvalue weighted by Gasteiger charge is 2.26. The van der Waals surface area contributed by atoms with E-state index in [0.717, 1.165) is 51.5 Å². The number of likely N-dealkylation sites (tertiary alicyclic amines) is 1. The van der Waals surface area contributed by atoms with E-state index in [-0.39, 0.29) is 17.7 Å². The monoisotopic (exact) mass is 365 g/mol. The molecular weight excluding hydrogens is 334 g/mol. The van der Waals surface area contributed by atoms with Gasteiger partial charge in [-0.15, -0.1) is 11.3 Å². The molecule has 0 bridgehead atoms. The van der Waals surface area contributed by atoms with Gasteiger partial charge in [0.1, 0.15) is 0 Å². The van der Waals surface area contributed by atoms with Gasteiger partial charge in [-0.3, -0.25) is 9.59 Å². The molecule has 1 aliphatic rings. The van der Waals surface area contributed by atoms with Crippen molar-refractivity contribution in [2.45, 2.75) is 51.4 Å². The largest absolute Gasteiger partial charge is 0.355 e. The first-order valence-corrected chi connectivity index (χ1v) is 10.4. The first-order valence-electron chi connectivity index (χ1n) is 9.48. The van der Waals surface area contributed by atoms with E-state index in [1.165, 1.54) is 4.88 Å². The van der Waals surface area contributed by atoms with Crippen molar-refractivity contribution in [1.82, 2.24) is 10.2 Å². The predicted octanol–water partition coefficient (Wildman–Crippen LogP) is 2.55. The fourth-order valence-electron chi connectivity index (χ4n) is 3.23. The summed E-state index contributed by atoms with van der Waals surface area (Å²) in [6.07, 6.45) is 7.26. The third kappa shape index (κ3) is 7.16. The third-order valence-electron chi connectivity index (χ3n) is 4.81. The summed E-state index contributed by atoms with van der Waals surface area (Å²) in [7, 11) is 0. The third-order valence-corrected chi connectivity index (χ3v) is 5.75. The maximum Gasteiger partial charge on any atom is 0.223 e. The van der Waals surface area contributed by atoms with Crippen molar-refractivity contribution in [2.75, 3.05) is 26.2 Å². The molecular formula is C19H31N3O2S. The van der Waals surface area contributed by atoms with Crippen LogP contribution >= 0.6 is 11.3 Å². The molecule has 1 aliphatic heterocycles. The zero-order valence-electron chi connectivity index (χ0n) is 15.0. The molecule has 2 amide bonds. The minimum absolute atomic E-state index is 0.0527. The van der Waals surface area contributed by atoms with E-state index in [4.69, 9.17) is 5.73 Å². The van der Waals surface area contributed by atoms with Gasteiger partial charge in [0.15, 0.2) is 0 Å². The zero-order chi connectivity index (χ0) is 17.9. The Kier molecular flexibility index (Phi) is 8.97. The van der Waals surface area contributed by atoms with Gasteiger partial charge in [0.05, 0.1) is 0 Å². The predicted molar refractivity (Wildman–Crippen MR) is 102 cm³/mol. The van der Waals surface area contributed by atoms with Gasteiger partial charge < -0.3 is 16.0 Å². The Bertz CT molecular complexity index is 511. The van der Waals surface area contributed by atoms with Crippen molar-refractivity contribution in [1.29, 1.82) is 0 Å². The Morgan fingerprint density at radius 3 is 2.64 bits per heavy atom. The number of piperidine rings is 1. The summed E-state index contributed by atoms with van der Waals surface area (Å²) in [4.78, 5) is 27.7. The lowest BCUT2D eigenvalue weighted by molar-refractivity contribution is -0.135. The van der Waals surface area contributed by atoms with Crippen LogP contribution in [0.25, 0.3) is 0 Å². The maximum atomic E-state index is 12.3. The number of amides is 2. The number of hydrogen-bond donors (Lipinski definition) is 2. The SMILES string of the molecule is NCCCCCCC(=O)N1CCC(C(=O)NCCc2cccs2)CC1. The molecule has 1 aromatic rings. The summed E-state index contributed by atoms with van der Waals surface area (Å²) in [5.74, 6) is 0.437. The Morgan fingerprint density at radius 2 is 1.96 bits per heavy atom. The van der Waals surface area contributed by atoms with E-state index in [2.05, 4.69) is 16.8 Å². The van der Waals surface area contributed by atoms with E-state index in [1.54, 1.807) is 11.3 Å². The van der Waals surface area contributed by atoms with Crippen LogP contribution in [-0.4, -0.2) is 42.9 Å². The van der Waals surface area contributed by atoms with Crippen LogP contribution in [0.3, 0.4) is 0 Å². The molecule has 0 spiro atoms. The van der Waals surface area contributed by atoms with Gasteiger partial charge in [-0.05, 0) is 50.1 Å². The summed E-state index contributed by atoms with van der Waals surface area (Å²) < 4.78 is 0. The minimum Gasteiger partial charge on any atom is -0.355 e. The number of hydrogen-bond acceptors (Lipinski definition) is 4. The molecule has 1 saturated heterocycles. The molecule has 0 aromatic carbocycles. The Balaban J connectivity index is 1.58. The molecule has 25 heavy (non-hydrogen) atoms. The van der Waals surface area contributed by atoms with Crippen molar-refractivity contribution < 1.29 is 9.59 Å². The highest BCUT2D eigenvalue weighted by atomic mass is 32.1. The second-order valence-electron chi connectivity index (χ2n) is 6.73. The number of thiophene rings is 1. The van der Waals surface area contributed by atoms with Crippen LogP contribution in [0.2, 0.25) is 0 Å². The van der Waals surface area contributed by atoms with Crippen molar-refractivity contribution in [3.8, 4) is 0 Å². The molecule has 0 radical (unpaired) electrons. The van der Waals surface area contributed by atoms with E-state index in [1.807, 2.05) is 11.0 Å². The molecule has 140 valence electrons. The molecule has 3 N–H and O–H groups in total. The van der Waals surface area contributed by atoms with Crippen LogP contribution in [0.4, 0.5) is 0 Å². The average Bonchev–Trinajstić information content (AvgIpc) is 3.15. The van der Waals surface area contributed by atoms with Crippen LogP contribution in [-0.2, 0) is 16.0 Å². The summed E-state index contributed by atoms with van der Waals surface area (Å²) >= 11 is 1.72. The minimum atomic E-state index is 0.0527. The first-order chi connectivity index (χ1) is 12.2. The molecule has 2 rings (SSSR count). The van der Waals surface area contributed by atoms with Crippen LogP contribution < -0.4 is 11.1 Å². The lowest BCUT2D eigenvalue weighted by Crippen LogP contribution is -2.43. The van der Waals surface area contributed by atoms with E-state index in [0.29, 0.717) is 26.1 Å². The van der Waals surface area contributed by atoms with Gasteiger partial charge >= 0.3 is 0 Å². The molecule has 2 heterocycles. The Morgan fingerprint density at radius 1 is 1.20 bits per heavy atom. The van der Waals surface area contributed by atoms with Gasteiger partial charge in [-0.1, -0.05) is 18.9 Å². The topological polar surface area (TPSA) is 75.4 Å². The van der Waals surface area contributed by atoms with Gasteiger partial charge in [0.25, 0.3) is 0 Å². The average molecular weight is 366 g/mol. The van der Waals surface area contributed by atoms with Crippen LogP contribution in [0, 0.1) is 5.92 Å². The molecule has 0 aliphatic carbocycles. The van der Waals surface area contributed by atoms with Crippen molar-refractivity contribution >= 4 is 23.2 Å². The second kappa shape index (κ2) is 11.3. The number of carbonyl (C=O) groups excluding carboxylic acids is 2. The summed E-state index contributed by atoms with van der Waals surface area (Å²) in [6, 6.07) is 4.13. The van der Waals surface area contributed by atoms with E-state index in [9.17, 15) is 9.59 Å². The van der Waals surface area contributed by atoms with Crippen LogP contribution in [0.5, 0.6) is 0 Å². The van der Waals surface area contributed by atoms with Crippen molar-refractivity contribution in [3.63, 3.8) is 0 Å². The zero-order valence-corrected chi connectivity index (χ0v) is 15.9. The quantitative estimate of drug-likeness (QED) is 0.626. The van der Waals surface area contributed by atoms with Gasteiger partial charge in [-0.25, -0.2) is 0 Å². The molecule has 1 fully saturated rings. The fourth-order valence-corrected chi connectivity index (χ4v) is 3.94. The molecule has 0 atom stereocenters. The molecule has 1 aromatic heterocycles. The molecule has 5 nitrogen and oxygen atoms in total. The smallest absolute Gasteiger partial charge is 0.223 e. The number of nitrogens with two attached hydrogens (primary N) is 1. The van der Waals surface area contributed by atoms with E-state index < -0.39 is 0 Å². The first kappa shape index (κ1) is 19.9. The number of carbonyl (C=O) groups is 2. The second-order valence-corrected chi connectivity index (χ2v) is 7.76. The van der Waals surface area contributed by atoms with Gasteiger partial charge in [0, 0.05) is 36.9 Å². The van der Waals surface area contributed by atoms with Crippen molar-refractivity contribution in [2.24, 2.45) is 11.7 Å². The summed E-state index contributed by atoms with van der Waals surface area (Å²) in [5, 5.41) is 5.10. The van der Waals surface area contributed by atoms with Gasteiger partial charge in [0.2, 0.25) is 11.8 Å². The van der Waals surface area contributed by atoms with Gasteiger partial charge in [-0.2, -0.15) is 0 Å². The number of nitrogens with one attached hydrogen (secondary N) is 1. The Hall–Kier alpha value is -1.40. The molecule has 6 heteroatoms. The van der Waals surface area contributed by atoms with E-state index >= 15 is 0 Å². The number of nitrogens with zero attached hydrogens (tertiary/aromatic N) is 1. The van der Waals surface area contributed by atoms with Crippen molar-refractivity contribution in [3.05, 3.63) is 22.4 Å². The van der Waals surface area contributed by atoms with Crippen LogP contribution in [0.15, 0.2) is 17.5 Å².